The molecule has 9 heteroatoms. The molecule has 1 N–H and O–H groups in total. The van der Waals surface area contributed by atoms with Gasteiger partial charge in [0.15, 0.2) is 0 Å². The molecule has 0 saturated heterocycles. The van der Waals surface area contributed by atoms with Crippen molar-refractivity contribution in [1.29, 1.82) is 0 Å². The molecule has 3 aromatic rings. The van der Waals surface area contributed by atoms with Gasteiger partial charge in [0.2, 0.25) is 11.9 Å². The molecule has 0 radical (unpaired) electrons. The van der Waals surface area contributed by atoms with E-state index in [-0.39, 0.29) is 30.2 Å². The van der Waals surface area contributed by atoms with Gasteiger partial charge >= 0.3 is 5.97 Å². The standard InChI is InChI=1S/C23H27N5O4/c1-6-17-16(5)24-23(28-15(4)12-14(3)26-28)27(21(17)30)13-20(29)25-19-11-9-8-10-18(19)22(31)32-7-2/h8-12H,6-7,13H2,1-5H3,(H,25,29). The quantitative estimate of drug-likeness (QED) is 0.570. The van der Waals surface area contributed by atoms with Crippen molar-refractivity contribution in [1.82, 2.24) is 19.3 Å². The van der Waals surface area contributed by atoms with Gasteiger partial charge in [0, 0.05) is 11.3 Å². The molecule has 0 unspecified atom stereocenters. The molecular weight excluding hydrogens is 410 g/mol. The summed E-state index contributed by atoms with van der Waals surface area (Å²) in [6.07, 6.45) is 0.488. The van der Waals surface area contributed by atoms with Crippen molar-refractivity contribution < 1.29 is 14.3 Å². The topological polar surface area (TPSA) is 108 Å². The van der Waals surface area contributed by atoms with Crippen molar-refractivity contribution in [3.05, 3.63) is 68.9 Å². The van der Waals surface area contributed by atoms with E-state index in [0.29, 0.717) is 23.4 Å². The van der Waals surface area contributed by atoms with Crippen LogP contribution in [0, 0.1) is 20.8 Å². The van der Waals surface area contributed by atoms with E-state index < -0.39 is 11.9 Å². The van der Waals surface area contributed by atoms with Crippen LogP contribution >= 0.6 is 0 Å². The van der Waals surface area contributed by atoms with Gasteiger partial charge in [-0.25, -0.2) is 14.5 Å². The Morgan fingerprint density at radius 3 is 2.47 bits per heavy atom. The second-order valence-electron chi connectivity index (χ2n) is 7.37. The monoisotopic (exact) mass is 437 g/mol. The lowest BCUT2D eigenvalue weighted by Gasteiger charge is -2.16. The highest BCUT2D eigenvalue weighted by molar-refractivity contribution is 6.01. The largest absolute Gasteiger partial charge is 0.462 e. The number of esters is 1. The van der Waals surface area contributed by atoms with Gasteiger partial charge in [0.05, 0.1) is 29.2 Å². The average molecular weight is 438 g/mol. The Kier molecular flexibility index (Phi) is 6.87. The average Bonchev–Trinajstić information content (AvgIpc) is 3.08. The van der Waals surface area contributed by atoms with Crippen LogP contribution in [0.1, 0.15) is 46.9 Å². The van der Waals surface area contributed by atoms with Crippen LogP contribution < -0.4 is 10.9 Å². The highest BCUT2D eigenvalue weighted by Crippen LogP contribution is 2.17. The molecule has 1 aromatic carbocycles. The van der Waals surface area contributed by atoms with Crippen molar-refractivity contribution in [3.63, 3.8) is 0 Å². The molecule has 0 atom stereocenters. The zero-order valence-electron chi connectivity index (χ0n) is 18.9. The summed E-state index contributed by atoms with van der Waals surface area (Å²) in [5.74, 6) is -0.738. The Labute approximate surface area is 186 Å². The van der Waals surface area contributed by atoms with Gasteiger partial charge in [-0.05, 0) is 52.3 Å². The number of carbonyl (C=O) groups is 2. The summed E-state index contributed by atoms with van der Waals surface area (Å²) >= 11 is 0. The molecule has 0 bridgehead atoms. The van der Waals surface area contributed by atoms with E-state index in [1.165, 1.54) is 4.57 Å². The van der Waals surface area contributed by atoms with Crippen molar-refractivity contribution in [3.8, 4) is 5.95 Å². The number of ether oxygens (including phenoxy) is 1. The summed E-state index contributed by atoms with van der Waals surface area (Å²) < 4.78 is 7.93. The molecule has 0 saturated carbocycles. The summed E-state index contributed by atoms with van der Waals surface area (Å²) in [4.78, 5) is 43.0. The maximum atomic E-state index is 13.2. The molecule has 1 amide bonds. The summed E-state index contributed by atoms with van der Waals surface area (Å²) in [5, 5.41) is 7.15. The minimum Gasteiger partial charge on any atom is -0.462 e. The fourth-order valence-electron chi connectivity index (χ4n) is 3.54. The number of anilines is 1. The van der Waals surface area contributed by atoms with Crippen LogP contribution in [0.15, 0.2) is 35.1 Å². The molecule has 0 aliphatic heterocycles. The van der Waals surface area contributed by atoms with Gasteiger partial charge < -0.3 is 10.1 Å². The number of rotatable bonds is 7. The molecule has 32 heavy (non-hydrogen) atoms. The van der Waals surface area contributed by atoms with Crippen molar-refractivity contribution >= 4 is 17.6 Å². The number of nitrogens with zero attached hydrogens (tertiary/aromatic N) is 4. The van der Waals surface area contributed by atoms with Crippen LogP contribution in [-0.2, 0) is 22.5 Å². The molecule has 9 nitrogen and oxygen atoms in total. The fraction of sp³-hybridized carbons (Fsp3) is 0.348. The van der Waals surface area contributed by atoms with Gasteiger partial charge in [-0.15, -0.1) is 0 Å². The highest BCUT2D eigenvalue weighted by Gasteiger charge is 2.20. The van der Waals surface area contributed by atoms with Crippen molar-refractivity contribution in [2.24, 2.45) is 0 Å². The number of benzene rings is 1. The first kappa shape index (κ1) is 22.9. The highest BCUT2D eigenvalue weighted by atomic mass is 16.5. The Hall–Kier alpha value is -3.75. The molecule has 3 rings (SSSR count). The minimum absolute atomic E-state index is 0.220. The SMILES string of the molecule is CCOC(=O)c1ccccc1NC(=O)Cn1c(-n2nc(C)cc2C)nc(C)c(CC)c1=O. The van der Waals surface area contributed by atoms with Crippen LogP contribution in [0.4, 0.5) is 5.69 Å². The van der Waals surface area contributed by atoms with E-state index >= 15 is 0 Å². The molecule has 0 spiro atoms. The van der Waals surface area contributed by atoms with Crippen LogP contribution in [0.3, 0.4) is 0 Å². The minimum atomic E-state index is -0.533. The third-order valence-corrected chi connectivity index (χ3v) is 5.00. The van der Waals surface area contributed by atoms with Crippen molar-refractivity contribution in [2.75, 3.05) is 11.9 Å². The lowest BCUT2D eigenvalue weighted by Crippen LogP contribution is -2.34. The molecule has 0 aliphatic rings. The first-order chi connectivity index (χ1) is 15.3. The van der Waals surface area contributed by atoms with E-state index in [0.717, 1.165) is 11.4 Å². The number of aromatic nitrogens is 4. The maximum Gasteiger partial charge on any atom is 0.340 e. The second-order valence-corrected chi connectivity index (χ2v) is 7.37. The lowest BCUT2D eigenvalue weighted by molar-refractivity contribution is -0.116. The van der Waals surface area contributed by atoms with Gasteiger partial charge in [-0.1, -0.05) is 19.1 Å². The van der Waals surface area contributed by atoms with Gasteiger partial charge in [-0.3, -0.25) is 14.2 Å². The van der Waals surface area contributed by atoms with E-state index in [2.05, 4.69) is 15.4 Å². The number of aryl methyl sites for hydroxylation is 3. The Bertz CT molecular complexity index is 1230. The summed E-state index contributed by atoms with van der Waals surface area (Å²) in [6.45, 7) is 8.99. The zero-order valence-corrected chi connectivity index (χ0v) is 18.9. The maximum absolute atomic E-state index is 13.2. The van der Waals surface area contributed by atoms with Gasteiger partial charge in [0.25, 0.3) is 5.56 Å². The number of nitrogens with one attached hydrogen (secondary N) is 1. The van der Waals surface area contributed by atoms with E-state index in [1.807, 2.05) is 26.8 Å². The van der Waals surface area contributed by atoms with Crippen LogP contribution in [0.25, 0.3) is 5.95 Å². The molecule has 0 fully saturated rings. The predicted molar refractivity (Wildman–Crippen MR) is 120 cm³/mol. The Balaban J connectivity index is 2.01. The van der Waals surface area contributed by atoms with Gasteiger partial charge in [0.1, 0.15) is 6.54 Å². The second kappa shape index (κ2) is 9.59. The number of amides is 1. The first-order valence-corrected chi connectivity index (χ1v) is 10.5. The number of para-hydroxylation sites is 1. The molecule has 2 heterocycles. The summed E-state index contributed by atoms with van der Waals surface area (Å²) in [5.41, 5.74) is 2.96. The molecular formula is C23H27N5O4. The first-order valence-electron chi connectivity index (χ1n) is 10.5. The summed E-state index contributed by atoms with van der Waals surface area (Å²) in [6, 6.07) is 8.44. The van der Waals surface area contributed by atoms with Crippen molar-refractivity contribution in [2.45, 2.75) is 47.6 Å². The third kappa shape index (κ3) is 4.61. The smallest absolute Gasteiger partial charge is 0.340 e. The van der Waals surface area contributed by atoms with Crippen LogP contribution in [0.5, 0.6) is 0 Å². The number of hydrogen-bond donors (Lipinski definition) is 1. The lowest BCUT2D eigenvalue weighted by atomic mass is 10.1. The molecule has 0 aliphatic carbocycles. The Morgan fingerprint density at radius 2 is 1.84 bits per heavy atom. The van der Waals surface area contributed by atoms with E-state index in [1.54, 1.807) is 42.8 Å². The normalized spacial score (nSPS) is 10.8. The molecule has 2 aromatic heterocycles. The third-order valence-electron chi connectivity index (χ3n) is 5.00. The van der Waals surface area contributed by atoms with Gasteiger partial charge in [-0.2, -0.15) is 5.10 Å². The summed E-state index contributed by atoms with van der Waals surface area (Å²) in [7, 11) is 0. The van der Waals surface area contributed by atoms with E-state index in [9.17, 15) is 14.4 Å². The van der Waals surface area contributed by atoms with Crippen LogP contribution in [-0.4, -0.2) is 37.8 Å². The number of carbonyl (C=O) groups excluding carboxylic acids is 2. The van der Waals surface area contributed by atoms with Crippen LogP contribution in [0.2, 0.25) is 0 Å². The molecule has 168 valence electrons. The predicted octanol–water partition coefficient (Wildman–Crippen LogP) is 2.73. The Morgan fingerprint density at radius 1 is 1.12 bits per heavy atom. The fourth-order valence-corrected chi connectivity index (χ4v) is 3.54. The number of hydrogen-bond acceptors (Lipinski definition) is 6. The van der Waals surface area contributed by atoms with E-state index in [4.69, 9.17) is 4.74 Å². The zero-order chi connectivity index (χ0) is 23.4.